The number of benzene rings is 1. The number of ether oxygens (including phenoxy) is 1. The monoisotopic (exact) mass is 253 g/mol. The van der Waals surface area contributed by atoms with Crippen molar-refractivity contribution in [2.24, 2.45) is 0 Å². The molecule has 2 bridgehead atoms. The average Bonchev–Trinajstić information content (AvgIpc) is 2.69. The van der Waals surface area contributed by atoms with Gasteiger partial charge in [0.15, 0.2) is 0 Å². The first-order valence-electron chi connectivity index (χ1n) is 5.87. The van der Waals surface area contributed by atoms with Crippen LogP contribution < -0.4 is 0 Å². The summed E-state index contributed by atoms with van der Waals surface area (Å²) in [5.41, 5.74) is 0. The van der Waals surface area contributed by atoms with Crippen LogP contribution in [0.3, 0.4) is 0 Å². The second-order valence-corrected chi connectivity index (χ2v) is 6.53. The maximum Gasteiger partial charge on any atom is 0.243 e. The Labute approximate surface area is 101 Å². The number of fused-ring (bicyclic) bond motifs is 2. The van der Waals surface area contributed by atoms with Crippen LogP contribution >= 0.6 is 0 Å². The van der Waals surface area contributed by atoms with E-state index in [0.717, 1.165) is 12.8 Å². The molecule has 0 amide bonds. The van der Waals surface area contributed by atoms with Crippen LogP contribution in [0, 0.1) is 0 Å². The number of morpholine rings is 1. The second kappa shape index (κ2) is 4.08. The minimum absolute atomic E-state index is 0.0900. The first kappa shape index (κ1) is 11.2. The van der Waals surface area contributed by atoms with Crippen molar-refractivity contribution in [2.45, 2.75) is 29.9 Å². The minimum Gasteiger partial charge on any atom is -0.372 e. The van der Waals surface area contributed by atoms with Crippen LogP contribution in [0.25, 0.3) is 0 Å². The Morgan fingerprint density at radius 3 is 2.24 bits per heavy atom. The molecule has 5 heteroatoms. The Hall–Kier alpha value is -0.910. The van der Waals surface area contributed by atoms with Gasteiger partial charge in [0.1, 0.15) is 0 Å². The van der Waals surface area contributed by atoms with E-state index < -0.39 is 10.0 Å². The van der Waals surface area contributed by atoms with Gasteiger partial charge in [-0.05, 0) is 25.0 Å². The van der Waals surface area contributed by atoms with E-state index in [0.29, 0.717) is 18.0 Å². The van der Waals surface area contributed by atoms with Crippen LogP contribution in [0.1, 0.15) is 12.8 Å². The van der Waals surface area contributed by atoms with Crippen molar-refractivity contribution in [1.82, 2.24) is 4.31 Å². The van der Waals surface area contributed by atoms with Gasteiger partial charge in [0.2, 0.25) is 10.0 Å². The van der Waals surface area contributed by atoms with Gasteiger partial charge in [0.25, 0.3) is 0 Å². The van der Waals surface area contributed by atoms with Crippen molar-refractivity contribution in [3.8, 4) is 0 Å². The molecule has 0 saturated carbocycles. The molecule has 0 N–H and O–H groups in total. The minimum atomic E-state index is -3.33. The fourth-order valence-electron chi connectivity index (χ4n) is 2.52. The molecule has 0 radical (unpaired) electrons. The normalized spacial score (nSPS) is 29.4. The zero-order valence-corrected chi connectivity index (χ0v) is 10.3. The second-order valence-electron chi connectivity index (χ2n) is 4.59. The lowest BCUT2D eigenvalue weighted by atomic mass is 10.2. The molecule has 17 heavy (non-hydrogen) atoms. The average molecular weight is 253 g/mol. The third kappa shape index (κ3) is 1.99. The third-order valence-electron chi connectivity index (χ3n) is 3.39. The molecule has 2 aliphatic heterocycles. The molecule has 2 heterocycles. The molecule has 1 aromatic rings. The van der Waals surface area contributed by atoms with Gasteiger partial charge in [-0.1, -0.05) is 18.2 Å². The molecule has 92 valence electrons. The summed E-state index contributed by atoms with van der Waals surface area (Å²) < 4.78 is 32.0. The van der Waals surface area contributed by atoms with Crippen molar-refractivity contribution >= 4 is 10.0 Å². The number of rotatable bonds is 2. The number of nitrogens with zero attached hydrogens (tertiary/aromatic N) is 1. The third-order valence-corrected chi connectivity index (χ3v) is 5.24. The highest BCUT2D eigenvalue weighted by molar-refractivity contribution is 7.89. The molecule has 0 spiro atoms. The first-order chi connectivity index (χ1) is 8.16. The quantitative estimate of drug-likeness (QED) is 0.796. The van der Waals surface area contributed by atoms with E-state index in [1.54, 1.807) is 28.6 Å². The van der Waals surface area contributed by atoms with E-state index in [4.69, 9.17) is 4.74 Å². The number of sulfonamides is 1. The van der Waals surface area contributed by atoms with Crippen LogP contribution in [0.5, 0.6) is 0 Å². The Morgan fingerprint density at radius 2 is 1.65 bits per heavy atom. The summed E-state index contributed by atoms with van der Waals surface area (Å²) in [5, 5.41) is 0. The zero-order valence-electron chi connectivity index (χ0n) is 9.45. The Morgan fingerprint density at radius 1 is 1.06 bits per heavy atom. The first-order valence-corrected chi connectivity index (χ1v) is 7.31. The van der Waals surface area contributed by atoms with Crippen LogP contribution in [0.15, 0.2) is 35.2 Å². The van der Waals surface area contributed by atoms with Gasteiger partial charge in [-0.3, -0.25) is 0 Å². The highest BCUT2D eigenvalue weighted by Gasteiger charge is 2.39. The maximum atomic E-state index is 12.4. The topological polar surface area (TPSA) is 46.6 Å². The summed E-state index contributed by atoms with van der Waals surface area (Å²) in [6.07, 6.45) is 2.14. The van der Waals surface area contributed by atoms with Crippen molar-refractivity contribution in [3.63, 3.8) is 0 Å². The van der Waals surface area contributed by atoms with Gasteiger partial charge in [0, 0.05) is 13.1 Å². The van der Waals surface area contributed by atoms with E-state index >= 15 is 0 Å². The number of hydrogen-bond donors (Lipinski definition) is 0. The maximum absolute atomic E-state index is 12.4. The van der Waals surface area contributed by atoms with Crippen LogP contribution in [0.2, 0.25) is 0 Å². The Bertz CT molecular complexity index is 488. The number of hydrogen-bond acceptors (Lipinski definition) is 3. The van der Waals surface area contributed by atoms with Crippen molar-refractivity contribution in [3.05, 3.63) is 30.3 Å². The molecule has 2 aliphatic rings. The molecule has 2 unspecified atom stereocenters. The zero-order chi connectivity index (χ0) is 11.9. The van der Waals surface area contributed by atoms with Crippen molar-refractivity contribution < 1.29 is 13.2 Å². The summed E-state index contributed by atoms with van der Waals surface area (Å²) >= 11 is 0. The molecular formula is C12H15NO3S. The molecular weight excluding hydrogens is 238 g/mol. The molecule has 2 fully saturated rings. The van der Waals surface area contributed by atoms with E-state index in [-0.39, 0.29) is 12.2 Å². The summed E-state index contributed by atoms with van der Waals surface area (Å²) in [5.74, 6) is 0. The molecule has 0 aromatic heterocycles. The smallest absolute Gasteiger partial charge is 0.243 e. The van der Waals surface area contributed by atoms with Gasteiger partial charge < -0.3 is 4.74 Å². The van der Waals surface area contributed by atoms with Crippen molar-refractivity contribution in [1.29, 1.82) is 0 Å². The van der Waals surface area contributed by atoms with E-state index in [2.05, 4.69) is 0 Å². The van der Waals surface area contributed by atoms with Gasteiger partial charge >= 0.3 is 0 Å². The lowest BCUT2D eigenvalue weighted by Crippen LogP contribution is -2.45. The SMILES string of the molecule is O=S(=O)(c1ccccc1)N1CC2CCC(C1)O2. The standard InChI is InChI=1S/C12H15NO3S/c14-17(15,12-4-2-1-3-5-12)13-8-10-6-7-11(9-13)16-10/h1-5,10-11H,6-9H2. The van der Waals surface area contributed by atoms with E-state index in [1.807, 2.05) is 6.07 Å². The summed E-state index contributed by atoms with van der Waals surface area (Å²) in [6.45, 7) is 0.988. The molecule has 2 atom stereocenters. The van der Waals surface area contributed by atoms with E-state index in [1.165, 1.54) is 0 Å². The Balaban J connectivity index is 1.89. The molecule has 1 aromatic carbocycles. The lowest BCUT2D eigenvalue weighted by Gasteiger charge is -2.31. The summed E-state index contributed by atoms with van der Waals surface area (Å²) in [7, 11) is -3.33. The fraction of sp³-hybridized carbons (Fsp3) is 0.500. The van der Waals surface area contributed by atoms with Crippen LogP contribution in [-0.4, -0.2) is 38.0 Å². The summed E-state index contributed by atoms with van der Waals surface area (Å²) in [4.78, 5) is 0.376. The Kier molecular flexibility index (Phi) is 2.69. The van der Waals surface area contributed by atoms with E-state index in [9.17, 15) is 8.42 Å². The van der Waals surface area contributed by atoms with Crippen molar-refractivity contribution in [2.75, 3.05) is 13.1 Å². The van der Waals surface area contributed by atoms with Crippen LogP contribution in [-0.2, 0) is 14.8 Å². The van der Waals surface area contributed by atoms with Gasteiger partial charge in [0.05, 0.1) is 17.1 Å². The lowest BCUT2D eigenvalue weighted by molar-refractivity contribution is -0.0114. The van der Waals surface area contributed by atoms with Gasteiger partial charge in [-0.15, -0.1) is 0 Å². The predicted molar refractivity (Wildman–Crippen MR) is 63.1 cm³/mol. The highest BCUT2D eigenvalue weighted by atomic mass is 32.2. The van der Waals surface area contributed by atoms with Crippen LogP contribution in [0.4, 0.5) is 0 Å². The fourth-order valence-corrected chi connectivity index (χ4v) is 4.04. The highest BCUT2D eigenvalue weighted by Crippen LogP contribution is 2.29. The molecule has 4 nitrogen and oxygen atoms in total. The predicted octanol–water partition coefficient (Wildman–Crippen LogP) is 1.24. The van der Waals surface area contributed by atoms with Gasteiger partial charge in [-0.25, -0.2) is 8.42 Å². The largest absolute Gasteiger partial charge is 0.372 e. The summed E-state index contributed by atoms with van der Waals surface area (Å²) in [6, 6.07) is 8.62. The van der Waals surface area contributed by atoms with Gasteiger partial charge in [-0.2, -0.15) is 4.31 Å². The molecule has 0 aliphatic carbocycles. The molecule has 2 saturated heterocycles. The molecule has 3 rings (SSSR count).